The van der Waals surface area contributed by atoms with E-state index in [2.05, 4.69) is 0 Å². The van der Waals surface area contributed by atoms with Crippen LogP contribution >= 0.6 is 0 Å². The zero-order valence-corrected chi connectivity index (χ0v) is 15.2. The fraction of sp³-hybridized carbons (Fsp3) is 0.611. The summed E-state index contributed by atoms with van der Waals surface area (Å²) in [4.78, 5) is 12.5. The SMILES string of the molecule is CN(Cc1ccccc1F)S(=O)(=O)CC12CCC(CC1=O)C2(C)C. The van der Waals surface area contributed by atoms with Crippen LogP contribution in [0.1, 0.15) is 38.7 Å². The molecule has 2 atom stereocenters. The molecule has 2 saturated carbocycles. The van der Waals surface area contributed by atoms with Gasteiger partial charge in [-0.2, -0.15) is 0 Å². The first-order valence-electron chi connectivity index (χ1n) is 8.31. The Kier molecular flexibility index (Phi) is 4.12. The van der Waals surface area contributed by atoms with Crippen molar-refractivity contribution in [2.45, 2.75) is 39.7 Å². The fourth-order valence-electron chi connectivity index (χ4n) is 4.49. The lowest BCUT2D eigenvalue weighted by Gasteiger charge is -2.37. The van der Waals surface area contributed by atoms with Crippen molar-refractivity contribution in [1.29, 1.82) is 0 Å². The Morgan fingerprint density at radius 3 is 2.50 bits per heavy atom. The number of carbonyl (C=O) groups is 1. The van der Waals surface area contributed by atoms with Crippen LogP contribution in [0, 0.1) is 22.6 Å². The Balaban J connectivity index is 1.84. The summed E-state index contributed by atoms with van der Waals surface area (Å²) in [6, 6.07) is 6.16. The van der Waals surface area contributed by atoms with E-state index in [1.165, 1.54) is 17.4 Å². The highest BCUT2D eigenvalue weighted by molar-refractivity contribution is 7.89. The first kappa shape index (κ1) is 17.5. The van der Waals surface area contributed by atoms with E-state index in [1.807, 2.05) is 13.8 Å². The summed E-state index contributed by atoms with van der Waals surface area (Å²) < 4.78 is 40.7. The highest BCUT2D eigenvalue weighted by Crippen LogP contribution is 2.64. The Hall–Kier alpha value is -1.27. The molecule has 2 aliphatic rings. The van der Waals surface area contributed by atoms with Crippen LogP contribution in [0.5, 0.6) is 0 Å². The number of sulfonamides is 1. The summed E-state index contributed by atoms with van der Waals surface area (Å²) in [7, 11) is -2.21. The molecule has 6 heteroatoms. The Morgan fingerprint density at radius 2 is 1.96 bits per heavy atom. The molecular weight excluding hydrogens is 329 g/mol. The molecule has 0 aromatic heterocycles. The third-order valence-corrected chi connectivity index (χ3v) is 8.33. The lowest BCUT2D eigenvalue weighted by molar-refractivity contribution is -0.128. The summed E-state index contributed by atoms with van der Waals surface area (Å²) in [6.07, 6.45) is 2.03. The third-order valence-electron chi connectivity index (χ3n) is 6.39. The molecular formula is C18H24FNO3S. The van der Waals surface area contributed by atoms with E-state index >= 15 is 0 Å². The molecule has 0 aliphatic heterocycles. The van der Waals surface area contributed by atoms with Crippen molar-refractivity contribution in [2.75, 3.05) is 12.8 Å². The average Bonchev–Trinajstić information content (AvgIpc) is 2.83. The maximum absolute atomic E-state index is 13.8. The largest absolute Gasteiger partial charge is 0.299 e. The fourth-order valence-corrected chi connectivity index (χ4v) is 6.35. The second-order valence-corrected chi connectivity index (χ2v) is 9.85. The lowest BCUT2D eigenvalue weighted by atomic mass is 9.70. The normalized spacial score (nSPS) is 28.7. The van der Waals surface area contributed by atoms with E-state index in [1.54, 1.807) is 18.2 Å². The molecule has 2 fully saturated rings. The second kappa shape index (κ2) is 5.63. The first-order chi connectivity index (χ1) is 11.1. The molecule has 2 bridgehead atoms. The molecule has 1 aromatic carbocycles. The number of halogens is 1. The van der Waals surface area contributed by atoms with Crippen LogP contribution in [0.4, 0.5) is 4.39 Å². The van der Waals surface area contributed by atoms with Gasteiger partial charge in [0.25, 0.3) is 0 Å². The van der Waals surface area contributed by atoms with Gasteiger partial charge in [0.1, 0.15) is 11.6 Å². The Labute approximate surface area is 143 Å². The van der Waals surface area contributed by atoms with Crippen LogP contribution in [-0.4, -0.2) is 31.3 Å². The maximum Gasteiger partial charge on any atom is 0.215 e. The monoisotopic (exact) mass is 353 g/mol. The van der Waals surface area contributed by atoms with Gasteiger partial charge >= 0.3 is 0 Å². The number of benzene rings is 1. The van der Waals surface area contributed by atoms with E-state index in [0.29, 0.717) is 18.4 Å². The molecule has 0 heterocycles. The zero-order chi connectivity index (χ0) is 17.8. The molecule has 1 aromatic rings. The van der Waals surface area contributed by atoms with Crippen LogP contribution in [-0.2, 0) is 21.4 Å². The highest BCUT2D eigenvalue weighted by atomic mass is 32.2. The number of Topliss-reactive ketones (excluding diaryl/α,β-unsaturated/α-hetero) is 1. The lowest BCUT2D eigenvalue weighted by Crippen LogP contribution is -2.45. The van der Waals surface area contributed by atoms with E-state index in [4.69, 9.17) is 0 Å². The molecule has 0 radical (unpaired) electrons. The maximum atomic E-state index is 13.8. The Bertz CT molecular complexity index is 774. The van der Waals surface area contributed by atoms with Crippen molar-refractivity contribution in [3.05, 3.63) is 35.6 Å². The van der Waals surface area contributed by atoms with Crippen molar-refractivity contribution in [3.63, 3.8) is 0 Å². The predicted octanol–water partition coefficient (Wildman–Crippen LogP) is 2.98. The van der Waals surface area contributed by atoms with Gasteiger partial charge < -0.3 is 0 Å². The molecule has 0 saturated heterocycles. The second-order valence-electron chi connectivity index (χ2n) is 7.77. The van der Waals surface area contributed by atoms with Crippen molar-refractivity contribution < 1.29 is 17.6 Å². The topological polar surface area (TPSA) is 54.5 Å². The number of ketones is 1. The molecule has 0 spiro atoms. The van der Waals surface area contributed by atoms with Gasteiger partial charge in [-0.3, -0.25) is 4.79 Å². The van der Waals surface area contributed by atoms with E-state index in [-0.39, 0.29) is 29.4 Å². The molecule has 2 unspecified atom stereocenters. The van der Waals surface area contributed by atoms with Crippen molar-refractivity contribution in [1.82, 2.24) is 4.31 Å². The molecule has 24 heavy (non-hydrogen) atoms. The summed E-state index contributed by atoms with van der Waals surface area (Å²) in [5.41, 5.74) is -0.752. The van der Waals surface area contributed by atoms with Crippen molar-refractivity contribution in [3.8, 4) is 0 Å². The van der Waals surface area contributed by atoms with Gasteiger partial charge in [0, 0.05) is 31.0 Å². The average molecular weight is 353 g/mol. The molecule has 4 nitrogen and oxygen atoms in total. The number of hydrogen-bond donors (Lipinski definition) is 0. The molecule has 0 N–H and O–H groups in total. The van der Waals surface area contributed by atoms with E-state index in [9.17, 15) is 17.6 Å². The summed E-state index contributed by atoms with van der Waals surface area (Å²) >= 11 is 0. The number of carbonyl (C=O) groups excluding carboxylic acids is 1. The first-order valence-corrected chi connectivity index (χ1v) is 9.92. The van der Waals surface area contributed by atoms with Gasteiger partial charge in [-0.1, -0.05) is 32.0 Å². The summed E-state index contributed by atoms with van der Waals surface area (Å²) in [6.45, 7) is 4.01. The minimum atomic E-state index is -3.66. The van der Waals surface area contributed by atoms with Crippen molar-refractivity contribution in [2.24, 2.45) is 16.7 Å². The standard InChI is InChI=1S/C18H24FNO3S/c1-17(2)14-8-9-18(17,16(21)10-14)12-24(22,23)20(3)11-13-6-4-5-7-15(13)19/h4-7,14H,8-12H2,1-3H3. The van der Waals surface area contributed by atoms with Gasteiger partial charge in [0.2, 0.25) is 10.0 Å². The van der Waals surface area contributed by atoms with E-state index in [0.717, 1.165) is 6.42 Å². The van der Waals surface area contributed by atoms with Gasteiger partial charge in [-0.05, 0) is 30.2 Å². The third kappa shape index (κ3) is 2.51. The summed E-state index contributed by atoms with van der Waals surface area (Å²) in [5.74, 6) is -0.243. The van der Waals surface area contributed by atoms with Crippen LogP contribution in [0.3, 0.4) is 0 Å². The number of hydrogen-bond acceptors (Lipinski definition) is 3. The zero-order valence-electron chi connectivity index (χ0n) is 14.4. The minimum Gasteiger partial charge on any atom is -0.299 e. The van der Waals surface area contributed by atoms with Crippen LogP contribution < -0.4 is 0 Å². The van der Waals surface area contributed by atoms with Crippen molar-refractivity contribution >= 4 is 15.8 Å². The number of fused-ring (bicyclic) bond motifs is 2. The smallest absolute Gasteiger partial charge is 0.215 e. The molecule has 132 valence electrons. The highest BCUT2D eigenvalue weighted by Gasteiger charge is 2.65. The van der Waals surface area contributed by atoms with Gasteiger partial charge in [-0.15, -0.1) is 0 Å². The number of rotatable bonds is 5. The Morgan fingerprint density at radius 1 is 1.29 bits per heavy atom. The molecule has 3 rings (SSSR count). The summed E-state index contributed by atoms with van der Waals surface area (Å²) in [5, 5.41) is 0. The van der Waals surface area contributed by atoms with Crippen LogP contribution in [0.15, 0.2) is 24.3 Å². The minimum absolute atomic E-state index is 0.0247. The van der Waals surface area contributed by atoms with Gasteiger partial charge in [0.15, 0.2) is 0 Å². The predicted molar refractivity (Wildman–Crippen MR) is 90.2 cm³/mol. The van der Waals surface area contributed by atoms with Crippen LogP contribution in [0.25, 0.3) is 0 Å². The van der Waals surface area contributed by atoms with E-state index < -0.39 is 21.3 Å². The number of nitrogens with zero attached hydrogens (tertiary/aromatic N) is 1. The quantitative estimate of drug-likeness (QED) is 0.818. The van der Waals surface area contributed by atoms with Crippen LogP contribution in [0.2, 0.25) is 0 Å². The molecule has 0 amide bonds. The van der Waals surface area contributed by atoms with Gasteiger partial charge in [0.05, 0.1) is 5.75 Å². The molecule has 2 aliphatic carbocycles. The van der Waals surface area contributed by atoms with Gasteiger partial charge in [-0.25, -0.2) is 17.1 Å².